The molecule has 0 bridgehead atoms. The predicted molar refractivity (Wildman–Crippen MR) is 78.3 cm³/mol. The maximum Gasteiger partial charge on any atom is 0.325 e. The third-order valence-electron chi connectivity index (χ3n) is 3.39. The molecule has 1 heterocycles. The van der Waals surface area contributed by atoms with E-state index in [1.54, 1.807) is 19.1 Å². The second kappa shape index (κ2) is 6.11. The van der Waals surface area contributed by atoms with Crippen molar-refractivity contribution < 1.29 is 18.7 Å². The summed E-state index contributed by atoms with van der Waals surface area (Å²) in [6, 6.07) is 4.19. The van der Waals surface area contributed by atoms with Crippen LogP contribution in [0, 0.1) is 5.82 Å². The summed E-state index contributed by atoms with van der Waals surface area (Å²) in [5, 5.41) is 2.63. The highest BCUT2D eigenvalue weighted by atomic mass is 79.9. The van der Waals surface area contributed by atoms with Gasteiger partial charge < -0.3 is 10.1 Å². The van der Waals surface area contributed by atoms with Gasteiger partial charge in [-0.1, -0.05) is 6.07 Å². The van der Waals surface area contributed by atoms with Crippen molar-refractivity contribution in [1.29, 1.82) is 0 Å². The molecule has 2 rings (SSSR count). The lowest BCUT2D eigenvalue weighted by Gasteiger charge is -2.20. The summed E-state index contributed by atoms with van der Waals surface area (Å²) in [5.74, 6) is -0.656. The third-order valence-corrected chi connectivity index (χ3v) is 3.99. The van der Waals surface area contributed by atoms with Gasteiger partial charge in [-0.05, 0) is 47.0 Å². The topological polar surface area (TPSA) is 58.6 Å². The molecule has 1 aromatic rings. The van der Waals surface area contributed by atoms with E-state index in [1.165, 1.54) is 13.2 Å². The summed E-state index contributed by atoms with van der Waals surface area (Å²) in [4.78, 5) is 25.3. The first-order valence-electron chi connectivity index (χ1n) is 6.44. The van der Waals surface area contributed by atoms with Crippen molar-refractivity contribution >= 4 is 27.9 Å². The van der Waals surface area contributed by atoms with Gasteiger partial charge >= 0.3 is 6.03 Å². The fraction of sp³-hybridized carbons (Fsp3) is 0.429. The Morgan fingerprint density at radius 3 is 2.76 bits per heavy atom. The van der Waals surface area contributed by atoms with Crippen LogP contribution in [0.4, 0.5) is 9.18 Å². The number of methoxy groups -OCH3 is 1. The maximum atomic E-state index is 13.2. The number of nitrogens with zero attached hydrogens (tertiary/aromatic N) is 1. The van der Waals surface area contributed by atoms with E-state index in [4.69, 9.17) is 4.74 Å². The Morgan fingerprint density at radius 2 is 2.14 bits per heavy atom. The molecule has 1 aliphatic heterocycles. The van der Waals surface area contributed by atoms with Gasteiger partial charge in [0.05, 0.1) is 11.1 Å². The number of benzene rings is 1. The van der Waals surface area contributed by atoms with Crippen molar-refractivity contribution in [3.8, 4) is 0 Å². The first kappa shape index (κ1) is 15.9. The molecule has 1 unspecified atom stereocenters. The fourth-order valence-corrected chi connectivity index (χ4v) is 2.70. The van der Waals surface area contributed by atoms with Crippen molar-refractivity contribution in [3.05, 3.63) is 34.1 Å². The summed E-state index contributed by atoms with van der Waals surface area (Å²) in [5.41, 5.74) is -0.181. The Balaban J connectivity index is 2.04. The molecule has 114 valence electrons. The minimum Gasteiger partial charge on any atom is -0.382 e. The lowest BCUT2D eigenvalue weighted by Crippen LogP contribution is -2.48. The minimum atomic E-state index is -1.02. The zero-order valence-electron chi connectivity index (χ0n) is 11.8. The first-order valence-corrected chi connectivity index (χ1v) is 7.23. The number of hydrogen-bond acceptors (Lipinski definition) is 3. The highest BCUT2D eigenvalue weighted by Crippen LogP contribution is 2.20. The molecule has 7 heteroatoms. The van der Waals surface area contributed by atoms with E-state index in [0.29, 0.717) is 10.9 Å². The van der Waals surface area contributed by atoms with E-state index in [9.17, 15) is 14.0 Å². The molecular formula is C14H16BrFN2O3. The van der Waals surface area contributed by atoms with Crippen molar-refractivity contribution in [2.75, 3.05) is 20.3 Å². The second-order valence-electron chi connectivity index (χ2n) is 5.15. The van der Waals surface area contributed by atoms with Gasteiger partial charge in [0.2, 0.25) is 0 Å². The molecule has 0 aromatic heterocycles. The fourth-order valence-electron chi connectivity index (χ4n) is 2.27. The van der Waals surface area contributed by atoms with Gasteiger partial charge in [0, 0.05) is 13.7 Å². The van der Waals surface area contributed by atoms with Crippen molar-refractivity contribution in [2.45, 2.75) is 18.9 Å². The van der Waals surface area contributed by atoms with Crippen LogP contribution in [0.5, 0.6) is 0 Å². The van der Waals surface area contributed by atoms with Crippen LogP contribution >= 0.6 is 15.9 Å². The summed E-state index contributed by atoms with van der Waals surface area (Å²) >= 11 is 3.11. The van der Waals surface area contributed by atoms with Crippen LogP contribution in [-0.2, 0) is 16.0 Å². The zero-order chi connectivity index (χ0) is 15.6. The van der Waals surface area contributed by atoms with E-state index in [1.807, 2.05) is 0 Å². The van der Waals surface area contributed by atoms with Crippen molar-refractivity contribution in [1.82, 2.24) is 10.2 Å². The normalized spacial score (nSPS) is 21.8. The van der Waals surface area contributed by atoms with E-state index >= 15 is 0 Å². The van der Waals surface area contributed by atoms with Crippen LogP contribution in [0.15, 0.2) is 22.7 Å². The SMILES string of the molecule is COCC1(C)NC(=O)N(CCc2ccc(F)c(Br)c2)C1=O. The van der Waals surface area contributed by atoms with Gasteiger partial charge in [0.1, 0.15) is 11.4 Å². The standard InChI is InChI=1S/C14H16BrFN2O3/c1-14(8-21-2)12(19)18(13(20)17-14)6-5-9-3-4-11(16)10(15)7-9/h3-4,7H,5-6,8H2,1-2H3,(H,17,20). The van der Waals surface area contributed by atoms with E-state index in [0.717, 1.165) is 10.5 Å². The van der Waals surface area contributed by atoms with Gasteiger partial charge in [-0.15, -0.1) is 0 Å². The first-order chi connectivity index (χ1) is 9.87. The molecule has 1 atom stereocenters. The molecule has 21 heavy (non-hydrogen) atoms. The molecule has 5 nitrogen and oxygen atoms in total. The molecule has 1 aliphatic rings. The van der Waals surface area contributed by atoms with Crippen LogP contribution in [-0.4, -0.2) is 42.6 Å². The number of rotatable bonds is 5. The molecule has 1 saturated heterocycles. The van der Waals surface area contributed by atoms with Crippen molar-refractivity contribution in [2.24, 2.45) is 0 Å². The molecule has 0 spiro atoms. The average molecular weight is 359 g/mol. The van der Waals surface area contributed by atoms with Gasteiger partial charge in [-0.25, -0.2) is 9.18 Å². The Kier molecular flexibility index (Phi) is 4.63. The van der Waals surface area contributed by atoms with Crippen LogP contribution in [0.25, 0.3) is 0 Å². The number of nitrogens with one attached hydrogen (secondary N) is 1. The molecular weight excluding hydrogens is 343 g/mol. The number of imide groups is 1. The van der Waals surface area contributed by atoms with Crippen LogP contribution in [0.3, 0.4) is 0 Å². The van der Waals surface area contributed by atoms with Crippen LogP contribution < -0.4 is 5.32 Å². The Hall–Kier alpha value is -1.47. The average Bonchev–Trinajstić information content (AvgIpc) is 2.62. The molecule has 1 N–H and O–H groups in total. The zero-order valence-corrected chi connectivity index (χ0v) is 13.4. The maximum absolute atomic E-state index is 13.2. The molecule has 1 fully saturated rings. The quantitative estimate of drug-likeness (QED) is 0.820. The number of amides is 3. The number of ether oxygens (including phenoxy) is 1. The number of hydrogen-bond donors (Lipinski definition) is 1. The monoisotopic (exact) mass is 358 g/mol. The number of carbonyl (C=O) groups excluding carboxylic acids is 2. The highest BCUT2D eigenvalue weighted by Gasteiger charge is 2.47. The number of halogens is 2. The molecule has 0 radical (unpaired) electrons. The summed E-state index contributed by atoms with van der Waals surface area (Å²) in [7, 11) is 1.48. The highest BCUT2D eigenvalue weighted by molar-refractivity contribution is 9.10. The lowest BCUT2D eigenvalue weighted by molar-refractivity contribution is -0.132. The third kappa shape index (κ3) is 3.24. The number of urea groups is 1. The Labute approximate surface area is 130 Å². The second-order valence-corrected chi connectivity index (χ2v) is 6.00. The molecule has 1 aromatic carbocycles. The molecule has 0 aliphatic carbocycles. The summed E-state index contributed by atoms with van der Waals surface area (Å²) < 4.78 is 18.5. The Morgan fingerprint density at radius 1 is 1.43 bits per heavy atom. The Bertz CT molecular complexity index is 581. The van der Waals surface area contributed by atoms with Crippen LogP contribution in [0.2, 0.25) is 0 Å². The summed E-state index contributed by atoms with van der Waals surface area (Å²) in [6.45, 7) is 1.99. The smallest absolute Gasteiger partial charge is 0.325 e. The summed E-state index contributed by atoms with van der Waals surface area (Å²) in [6.07, 6.45) is 0.459. The van der Waals surface area contributed by atoms with E-state index in [-0.39, 0.29) is 24.9 Å². The lowest BCUT2D eigenvalue weighted by atomic mass is 10.0. The molecule has 0 saturated carbocycles. The predicted octanol–water partition coefficient (Wildman–Crippen LogP) is 2.09. The van der Waals surface area contributed by atoms with Gasteiger partial charge in [0.15, 0.2) is 0 Å². The van der Waals surface area contributed by atoms with Gasteiger partial charge in [0.25, 0.3) is 5.91 Å². The largest absolute Gasteiger partial charge is 0.382 e. The minimum absolute atomic E-state index is 0.121. The van der Waals surface area contributed by atoms with Crippen molar-refractivity contribution in [3.63, 3.8) is 0 Å². The van der Waals surface area contributed by atoms with Gasteiger partial charge in [-0.2, -0.15) is 0 Å². The molecule has 3 amide bonds. The van der Waals surface area contributed by atoms with Gasteiger partial charge in [-0.3, -0.25) is 9.69 Å². The number of carbonyl (C=O) groups is 2. The van der Waals surface area contributed by atoms with E-state index < -0.39 is 11.6 Å². The van der Waals surface area contributed by atoms with E-state index in [2.05, 4.69) is 21.2 Å². The van der Waals surface area contributed by atoms with Crippen LogP contribution in [0.1, 0.15) is 12.5 Å².